The molecular weight excluding hydrogens is 122 g/mol. The number of likely N-dealkylation sites (tertiary alicyclic amines) is 1. The molecule has 0 amide bonds. The number of rotatable bonds is 1. The van der Waals surface area contributed by atoms with E-state index in [9.17, 15) is 0 Å². The van der Waals surface area contributed by atoms with Gasteiger partial charge in [0.25, 0.3) is 0 Å². The van der Waals surface area contributed by atoms with E-state index in [1.54, 1.807) is 0 Å². The predicted molar refractivity (Wildman–Crippen MR) is 45.1 cm³/mol. The van der Waals surface area contributed by atoms with E-state index in [-0.39, 0.29) is 0 Å². The number of nitrogens with zero attached hydrogens (tertiary/aromatic N) is 1. The van der Waals surface area contributed by atoms with Gasteiger partial charge < -0.3 is 4.90 Å². The second-order valence-corrected chi connectivity index (χ2v) is 3.51. The zero-order chi connectivity index (χ0) is 7.40. The Labute approximate surface area is 64.4 Å². The van der Waals surface area contributed by atoms with Crippen LogP contribution in [0.25, 0.3) is 0 Å². The average Bonchev–Trinajstić information content (AvgIpc) is 2.14. The fraction of sp³-hybridized carbons (Fsp3) is 1.00. The van der Waals surface area contributed by atoms with Crippen molar-refractivity contribution in [3.63, 3.8) is 0 Å². The Kier molecular flexibility index (Phi) is 3.20. The highest BCUT2D eigenvalue weighted by atomic mass is 15.1. The first-order chi connectivity index (χ1) is 4.83. The van der Waals surface area contributed by atoms with Gasteiger partial charge in [-0.3, -0.25) is 0 Å². The molecule has 1 aliphatic heterocycles. The minimum Gasteiger partial charge on any atom is -0.306 e. The molecular formula is C9H19N. The minimum absolute atomic E-state index is 1.02. The lowest BCUT2D eigenvalue weighted by molar-refractivity contribution is 0.340. The molecule has 1 heteroatoms. The summed E-state index contributed by atoms with van der Waals surface area (Å²) in [4.78, 5) is 2.45. The first kappa shape index (κ1) is 8.06. The molecule has 0 aromatic rings. The van der Waals surface area contributed by atoms with Gasteiger partial charge >= 0.3 is 0 Å². The van der Waals surface area contributed by atoms with Crippen molar-refractivity contribution in [3.8, 4) is 0 Å². The number of hydrogen-bond acceptors (Lipinski definition) is 1. The average molecular weight is 141 g/mol. The lowest BCUT2D eigenvalue weighted by Crippen LogP contribution is -2.18. The molecule has 1 saturated heterocycles. The van der Waals surface area contributed by atoms with Crippen LogP contribution < -0.4 is 0 Å². The Bertz CT molecular complexity index is 90.7. The fourth-order valence-corrected chi connectivity index (χ4v) is 1.72. The summed E-state index contributed by atoms with van der Waals surface area (Å²) in [5, 5.41) is 0. The molecule has 0 N–H and O–H groups in total. The highest BCUT2D eigenvalue weighted by Crippen LogP contribution is 2.18. The summed E-state index contributed by atoms with van der Waals surface area (Å²) in [5.74, 6) is 1.02. The van der Waals surface area contributed by atoms with Crippen molar-refractivity contribution in [1.29, 1.82) is 0 Å². The van der Waals surface area contributed by atoms with E-state index < -0.39 is 0 Å². The SMILES string of the molecule is CCC1CCCN(C)CC1. The zero-order valence-corrected chi connectivity index (χ0v) is 7.27. The second-order valence-electron chi connectivity index (χ2n) is 3.51. The molecule has 1 aliphatic rings. The van der Waals surface area contributed by atoms with E-state index in [0.717, 1.165) is 5.92 Å². The van der Waals surface area contributed by atoms with Crippen LogP contribution in [0.5, 0.6) is 0 Å². The van der Waals surface area contributed by atoms with E-state index in [4.69, 9.17) is 0 Å². The van der Waals surface area contributed by atoms with Gasteiger partial charge in [-0.2, -0.15) is 0 Å². The van der Waals surface area contributed by atoms with Crippen LogP contribution in [-0.4, -0.2) is 25.0 Å². The van der Waals surface area contributed by atoms with Crippen molar-refractivity contribution in [3.05, 3.63) is 0 Å². The first-order valence-electron chi connectivity index (χ1n) is 4.51. The zero-order valence-electron chi connectivity index (χ0n) is 7.27. The highest BCUT2D eigenvalue weighted by molar-refractivity contribution is 4.66. The molecule has 1 unspecified atom stereocenters. The van der Waals surface area contributed by atoms with Crippen molar-refractivity contribution in [1.82, 2.24) is 4.90 Å². The third-order valence-corrected chi connectivity index (χ3v) is 2.65. The molecule has 0 aromatic carbocycles. The quantitative estimate of drug-likeness (QED) is 0.540. The van der Waals surface area contributed by atoms with Gasteiger partial charge in [0.05, 0.1) is 0 Å². The largest absolute Gasteiger partial charge is 0.306 e. The standard InChI is InChI=1S/C9H19N/c1-3-9-5-4-7-10(2)8-6-9/h9H,3-8H2,1-2H3. The van der Waals surface area contributed by atoms with E-state index >= 15 is 0 Å². The maximum absolute atomic E-state index is 2.45. The van der Waals surface area contributed by atoms with Crippen molar-refractivity contribution in [2.24, 2.45) is 5.92 Å². The van der Waals surface area contributed by atoms with Gasteiger partial charge in [-0.05, 0) is 45.3 Å². The smallest absolute Gasteiger partial charge is 0.00191 e. The van der Waals surface area contributed by atoms with Crippen LogP contribution in [0.15, 0.2) is 0 Å². The van der Waals surface area contributed by atoms with Crippen LogP contribution in [0.2, 0.25) is 0 Å². The first-order valence-corrected chi connectivity index (χ1v) is 4.51. The summed E-state index contributed by atoms with van der Waals surface area (Å²) < 4.78 is 0. The Morgan fingerprint density at radius 2 is 2.10 bits per heavy atom. The summed E-state index contributed by atoms with van der Waals surface area (Å²) in [6.45, 7) is 4.95. The predicted octanol–water partition coefficient (Wildman–Crippen LogP) is 2.13. The molecule has 10 heavy (non-hydrogen) atoms. The van der Waals surface area contributed by atoms with E-state index in [1.165, 1.54) is 38.8 Å². The maximum atomic E-state index is 2.45. The van der Waals surface area contributed by atoms with Crippen LogP contribution >= 0.6 is 0 Å². The van der Waals surface area contributed by atoms with Crippen LogP contribution in [0.3, 0.4) is 0 Å². The van der Waals surface area contributed by atoms with Gasteiger partial charge in [-0.15, -0.1) is 0 Å². The lowest BCUT2D eigenvalue weighted by atomic mass is 9.98. The summed E-state index contributed by atoms with van der Waals surface area (Å²) in [6.07, 6.45) is 5.68. The maximum Gasteiger partial charge on any atom is -0.00191 e. The molecule has 0 bridgehead atoms. The van der Waals surface area contributed by atoms with Gasteiger partial charge in [0.2, 0.25) is 0 Å². The number of hydrogen-bond donors (Lipinski definition) is 0. The van der Waals surface area contributed by atoms with Crippen LogP contribution in [0.4, 0.5) is 0 Å². The van der Waals surface area contributed by atoms with Crippen molar-refractivity contribution >= 4 is 0 Å². The molecule has 1 fully saturated rings. The monoisotopic (exact) mass is 141 g/mol. The minimum atomic E-state index is 1.02. The molecule has 0 aliphatic carbocycles. The third kappa shape index (κ3) is 2.30. The van der Waals surface area contributed by atoms with E-state index in [0.29, 0.717) is 0 Å². The van der Waals surface area contributed by atoms with Crippen LogP contribution in [-0.2, 0) is 0 Å². The lowest BCUT2D eigenvalue weighted by Gasteiger charge is -2.12. The Morgan fingerprint density at radius 1 is 1.30 bits per heavy atom. The second kappa shape index (κ2) is 3.97. The summed E-state index contributed by atoms with van der Waals surface area (Å²) in [7, 11) is 2.23. The molecule has 1 nitrogen and oxygen atoms in total. The molecule has 0 radical (unpaired) electrons. The molecule has 0 aromatic heterocycles. The van der Waals surface area contributed by atoms with Crippen molar-refractivity contribution in [2.75, 3.05) is 20.1 Å². The Hall–Kier alpha value is -0.0400. The normalized spacial score (nSPS) is 30.0. The fourth-order valence-electron chi connectivity index (χ4n) is 1.72. The molecule has 60 valence electrons. The summed E-state index contributed by atoms with van der Waals surface area (Å²) in [6, 6.07) is 0. The Morgan fingerprint density at radius 3 is 2.80 bits per heavy atom. The van der Waals surface area contributed by atoms with Gasteiger partial charge in [0.1, 0.15) is 0 Å². The molecule has 0 saturated carbocycles. The van der Waals surface area contributed by atoms with Crippen LogP contribution in [0, 0.1) is 5.92 Å². The van der Waals surface area contributed by atoms with Gasteiger partial charge in [-0.1, -0.05) is 13.3 Å². The molecule has 1 atom stereocenters. The Balaban J connectivity index is 2.26. The van der Waals surface area contributed by atoms with Gasteiger partial charge in [-0.25, -0.2) is 0 Å². The summed E-state index contributed by atoms with van der Waals surface area (Å²) >= 11 is 0. The van der Waals surface area contributed by atoms with Crippen molar-refractivity contribution < 1.29 is 0 Å². The topological polar surface area (TPSA) is 3.24 Å². The summed E-state index contributed by atoms with van der Waals surface area (Å²) in [5.41, 5.74) is 0. The third-order valence-electron chi connectivity index (χ3n) is 2.65. The molecule has 1 heterocycles. The van der Waals surface area contributed by atoms with Gasteiger partial charge in [0.15, 0.2) is 0 Å². The van der Waals surface area contributed by atoms with E-state index in [1.807, 2.05) is 0 Å². The highest BCUT2D eigenvalue weighted by Gasteiger charge is 2.11. The van der Waals surface area contributed by atoms with Crippen molar-refractivity contribution in [2.45, 2.75) is 32.6 Å². The molecule has 0 spiro atoms. The van der Waals surface area contributed by atoms with E-state index in [2.05, 4.69) is 18.9 Å². The van der Waals surface area contributed by atoms with Gasteiger partial charge in [0, 0.05) is 0 Å². The van der Waals surface area contributed by atoms with Crippen LogP contribution in [0.1, 0.15) is 32.6 Å². The molecule has 1 rings (SSSR count).